The van der Waals surface area contributed by atoms with Gasteiger partial charge in [0.05, 0.1) is 11.4 Å². The summed E-state index contributed by atoms with van der Waals surface area (Å²) in [7, 11) is 0. The molecular weight excluding hydrogens is 394 g/mol. The van der Waals surface area contributed by atoms with Crippen molar-refractivity contribution in [3.63, 3.8) is 0 Å². The molecule has 5 heteroatoms. The third-order valence-corrected chi connectivity index (χ3v) is 6.18. The molecular formula is C27H25N5. The Hall–Kier alpha value is -3.57. The predicted octanol–water partition coefficient (Wildman–Crippen LogP) is 5.09. The highest BCUT2D eigenvalue weighted by atomic mass is 15.0. The number of anilines is 1. The molecule has 0 radical (unpaired) electrons. The molecule has 4 aromatic rings. The maximum atomic E-state index is 4.84. The molecule has 32 heavy (non-hydrogen) atoms. The van der Waals surface area contributed by atoms with Gasteiger partial charge in [-0.05, 0) is 78.4 Å². The Kier molecular flexibility index (Phi) is 4.89. The molecule has 1 fully saturated rings. The van der Waals surface area contributed by atoms with E-state index in [1.54, 1.807) is 0 Å². The monoisotopic (exact) mass is 419 g/mol. The number of benzene rings is 1. The van der Waals surface area contributed by atoms with Crippen LogP contribution in [-0.2, 0) is 13.0 Å². The summed E-state index contributed by atoms with van der Waals surface area (Å²) in [6, 6.07) is 19.7. The lowest BCUT2D eigenvalue weighted by Crippen LogP contribution is -2.23. The van der Waals surface area contributed by atoms with E-state index in [0.717, 1.165) is 53.4 Å². The van der Waals surface area contributed by atoms with E-state index in [-0.39, 0.29) is 0 Å². The van der Waals surface area contributed by atoms with Crippen LogP contribution < -0.4 is 10.6 Å². The Morgan fingerprint density at radius 3 is 2.56 bits per heavy atom. The molecule has 0 saturated heterocycles. The summed E-state index contributed by atoms with van der Waals surface area (Å²) in [5.74, 6) is 0.900. The third-order valence-electron chi connectivity index (χ3n) is 6.18. The second kappa shape index (κ2) is 8.17. The van der Waals surface area contributed by atoms with Gasteiger partial charge in [0.2, 0.25) is 0 Å². The molecule has 3 aromatic heterocycles. The SMILES string of the molecule is c1ccc(-c2cc(-c3cncc(-c4ccc5c(c4)CCNC5)c3)cc(NC3CC3)n2)nc1. The molecule has 0 unspecified atom stereocenters. The van der Waals surface area contributed by atoms with E-state index in [9.17, 15) is 0 Å². The van der Waals surface area contributed by atoms with Gasteiger partial charge < -0.3 is 10.6 Å². The molecule has 6 rings (SSSR count). The number of rotatable bonds is 5. The van der Waals surface area contributed by atoms with E-state index in [1.807, 2.05) is 36.8 Å². The maximum absolute atomic E-state index is 4.84. The topological polar surface area (TPSA) is 62.7 Å². The van der Waals surface area contributed by atoms with Gasteiger partial charge in [0.25, 0.3) is 0 Å². The van der Waals surface area contributed by atoms with Crippen LogP contribution in [0.5, 0.6) is 0 Å². The zero-order valence-electron chi connectivity index (χ0n) is 17.9. The van der Waals surface area contributed by atoms with Crippen LogP contribution in [-0.4, -0.2) is 27.5 Å². The van der Waals surface area contributed by atoms with Crippen molar-refractivity contribution in [1.29, 1.82) is 0 Å². The highest BCUT2D eigenvalue weighted by molar-refractivity contribution is 5.76. The third kappa shape index (κ3) is 3.99. The Morgan fingerprint density at radius 2 is 1.72 bits per heavy atom. The van der Waals surface area contributed by atoms with Gasteiger partial charge >= 0.3 is 0 Å². The molecule has 0 atom stereocenters. The van der Waals surface area contributed by atoms with Crippen molar-refractivity contribution in [3.8, 4) is 33.6 Å². The first-order valence-corrected chi connectivity index (χ1v) is 11.3. The summed E-state index contributed by atoms with van der Waals surface area (Å²) in [6.45, 7) is 2.00. The number of nitrogens with one attached hydrogen (secondary N) is 2. The molecule has 0 bridgehead atoms. The Balaban J connectivity index is 1.40. The van der Waals surface area contributed by atoms with Gasteiger partial charge in [-0.1, -0.05) is 24.3 Å². The molecule has 1 aliphatic carbocycles. The smallest absolute Gasteiger partial charge is 0.127 e. The number of hydrogen-bond donors (Lipinski definition) is 2. The van der Waals surface area contributed by atoms with Crippen LogP contribution in [0, 0.1) is 0 Å². The van der Waals surface area contributed by atoms with Crippen molar-refractivity contribution in [3.05, 3.63) is 84.3 Å². The minimum Gasteiger partial charge on any atom is -0.367 e. The van der Waals surface area contributed by atoms with Crippen molar-refractivity contribution < 1.29 is 0 Å². The van der Waals surface area contributed by atoms with Crippen molar-refractivity contribution >= 4 is 5.82 Å². The van der Waals surface area contributed by atoms with E-state index in [2.05, 4.69) is 57.0 Å². The largest absolute Gasteiger partial charge is 0.367 e. The lowest BCUT2D eigenvalue weighted by molar-refractivity contribution is 0.644. The standard InChI is InChI=1S/C27H25N5/c1-2-9-30-25(3-1)26-13-21(14-27(32-26)31-24-6-7-24)23-12-22(16-29-17-23)18-4-5-20-15-28-10-8-19(20)11-18/h1-5,9,11-14,16-17,24,28H,6-8,10,15H2,(H,31,32). The maximum Gasteiger partial charge on any atom is 0.127 e. The Labute approximate surface area is 188 Å². The molecule has 158 valence electrons. The van der Waals surface area contributed by atoms with Gasteiger partial charge in [-0.15, -0.1) is 0 Å². The second-order valence-corrected chi connectivity index (χ2v) is 8.63. The van der Waals surface area contributed by atoms with Crippen LogP contribution in [0.15, 0.2) is 73.2 Å². The number of hydrogen-bond acceptors (Lipinski definition) is 5. The van der Waals surface area contributed by atoms with Gasteiger partial charge in [-0.2, -0.15) is 0 Å². The van der Waals surface area contributed by atoms with Gasteiger partial charge in [-0.25, -0.2) is 4.98 Å². The van der Waals surface area contributed by atoms with Crippen LogP contribution in [0.1, 0.15) is 24.0 Å². The van der Waals surface area contributed by atoms with Gasteiger partial charge in [0.15, 0.2) is 0 Å². The predicted molar refractivity (Wildman–Crippen MR) is 128 cm³/mol. The first kappa shape index (κ1) is 19.1. The molecule has 1 aromatic carbocycles. The van der Waals surface area contributed by atoms with E-state index in [0.29, 0.717) is 6.04 Å². The first-order chi connectivity index (χ1) is 15.8. The van der Waals surface area contributed by atoms with Crippen LogP contribution >= 0.6 is 0 Å². The molecule has 4 heterocycles. The van der Waals surface area contributed by atoms with Gasteiger partial charge in [0.1, 0.15) is 5.82 Å². The summed E-state index contributed by atoms with van der Waals surface area (Å²) in [5.41, 5.74) is 9.12. The highest BCUT2D eigenvalue weighted by Crippen LogP contribution is 2.32. The zero-order valence-corrected chi connectivity index (χ0v) is 17.9. The summed E-state index contributed by atoms with van der Waals surface area (Å²) >= 11 is 0. The summed E-state index contributed by atoms with van der Waals surface area (Å²) < 4.78 is 0. The quantitative estimate of drug-likeness (QED) is 0.472. The van der Waals surface area contributed by atoms with E-state index >= 15 is 0 Å². The lowest BCUT2D eigenvalue weighted by Gasteiger charge is -2.18. The fraction of sp³-hybridized carbons (Fsp3) is 0.222. The zero-order chi connectivity index (χ0) is 21.3. The summed E-state index contributed by atoms with van der Waals surface area (Å²) in [6.07, 6.45) is 9.18. The molecule has 1 aliphatic heterocycles. The minimum absolute atomic E-state index is 0.531. The highest BCUT2D eigenvalue weighted by Gasteiger charge is 2.22. The lowest BCUT2D eigenvalue weighted by atomic mass is 9.95. The minimum atomic E-state index is 0.531. The average Bonchev–Trinajstić information content (AvgIpc) is 3.68. The first-order valence-electron chi connectivity index (χ1n) is 11.3. The van der Waals surface area contributed by atoms with E-state index in [1.165, 1.54) is 29.5 Å². The van der Waals surface area contributed by atoms with E-state index in [4.69, 9.17) is 4.98 Å². The van der Waals surface area contributed by atoms with E-state index < -0.39 is 0 Å². The number of fused-ring (bicyclic) bond motifs is 1. The molecule has 2 aliphatic rings. The van der Waals surface area contributed by atoms with Crippen LogP contribution in [0.25, 0.3) is 33.6 Å². The molecule has 5 nitrogen and oxygen atoms in total. The Bertz CT molecular complexity index is 1260. The molecule has 1 saturated carbocycles. The van der Waals surface area contributed by atoms with Crippen molar-refractivity contribution in [2.45, 2.75) is 31.8 Å². The molecule has 0 amide bonds. The molecule has 0 spiro atoms. The second-order valence-electron chi connectivity index (χ2n) is 8.63. The summed E-state index contributed by atoms with van der Waals surface area (Å²) in [4.78, 5) is 13.9. The fourth-order valence-electron chi connectivity index (χ4n) is 4.27. The normalized spacial score (nSPS) is 15.2. The van der Waals surface area contributed by atoms with Crippen molar-refractivity contribution in [1.82, 2.24) is 20.3 Å². The van der Waals surface area contributed by atoms with Gasteiger partial charge in [0, 0.05) is 42.3 Å². The molecule has 2 N–H and O–H groups in total. The number of pyridine rings is 3. The average molecular weight is 420 g/mol. The number of aromatic nitrogens is 3. The van der Waals surface area contributed by atoms with Gasteiger partial charge in [-0.3, -0.25) is 9.97 Å². The Morgan fingerprint density at radius 1 is 0.812 bits per heavy atom. The summed E-state index contributed by atoms with van der Waals surface area (Å²) in [5, 5.41) is 6.99. The van der Waals surface area contributed by atoms with Crippen LogP contribution in [0.3, 0.4) is 0 Å². The fourth-order valence-corrected chi connectivity index (χ4v) is 4.27. The van der Waals surface area contributed by atoms with Crippen molar-refractivity contribution in [2.24, 2.45) is 0 Å². The van der Waals surface area contributed by atoms with Crippen LogP contribution in [0.4, 0.5) is 5.82 Å². The van der Waals surface area contributed by atoms with Crippen molar-refractivity contribution in [2.75, 3.05) is 11.9 Å². The van der Waals surface area contributed by atoms with Crippen LogP contribution in [0.2, 0.25) is 0 Å². The number of nitrogens with zero attached hydrogens (tertiary/aromatic N) is 3.